The lowest BCUT2D eigenvalue weighted by molar-refractivity contribution is 0.771. The molecule has 0 spiro atoms. The van der Waals surface area contributed by atoms with E-state index < -0.39 is 0 Å². The zero-order valence-electron chi connectivity index (χ0n) is 13.6. The molecule has 0 amide bonds. The lowest BCUT2D eigenvalue weighted by Crippen LogP contribution is -2.21. The summed E-state index contributed by atoms with van der Waals surface area (Å²) in [5.74, 6) is 0.762. The number of aromatic nitrogens is 3. The summed E-state index contributed by atoms with van der Waals surface area (Å²) in [4.78, 5) is 15.0. The zero-order valence-corrected chi connectivity index (χ0v) is 16.0. The summed E-state index contributed by atoms with van der Waals surface area (Å²) in [6, 6.07) is 13.4. The quantitative estimate of drug-likeness (QED) is 0.492. The Morgan fingerprint density at radius 1 is 1.19 bits per heavy atom. The summed E-state index contributed by atoms with van der Waals surface area (Å²) in [5.41, 5.74) is 1.15. The van der Waals surface area contributed by atoms with Crippen LogP contribution in [0.2, 0.25) is 4.34 Å². The van der Waals surface area contributed by atoms with E-state index in [2.05, 4.69) is 15.5 Å². The second-order valence-corrected chi connectivity index (χ2v) is 8.49. The first-order chi connectivity index (χ1) is 12.7. The van der Waals surface area contributed by atoms with Crippen LogP contribution in [0.3, 0.4) is 0 Å². The normalized spacial score (nSPS) is 11.0. The maximum Gasteiger partial charge on any atom is 0.260 e. The summed E-state index contributed by atoms with van der Waals surface area (Å²) in [6.07, 6.45) is 1.80. The Morgan fingerprint density at radius 2 is 2.12 bits per heavy atom. The van der Waals surface area contributed by atoms with Gasteiger partial charge in [0.25, 0.3) is 5.56 Å². The van der Waals surface area contributed by atoms with E-state index in [0.717, 1.165) is 19.9 Å². The zero-order chi connectivity index (χ0) is 17.9. The minimum absolute atomic E-state index is 0.0519. The first-order valence-electron chi connectivity index (χ1n) is 7.95. The lowest BCUT2D eigenvalue weighted by atomic mass is 10.2. The van der Waals surface area contributed by atoms with Gasteiger partial charge in [0.05, 0.1) is 28.7 Å². The Labute approximate surface area is 162 Å². The Bertz CT molecular complexity index is 1070. The first kappa shape index (κ1) is 17.1. The van der Waals surface area contributed by atoms with Crippen LogP contribution in [0.25, 0.3) is 11.3 Å². The number of halogens is 1. The van der Waals surface area contributed by atoms with Crippen LogP contribution in [0.15, 0.2) is 58.8 Å². The minimum atomic E-state index is -0.0519. The SMILES string of the molecule is O=c1c(-c2cc(NCc3ccc(Cl)s3)[nH]n2)cccn1Cc1cccs1. The van der Waals surface area contributed by atoms with Crippen LogP contribution in [-0.4, -0.2) is 14.8 Å². The number of rotatable bonds is 6. The molecule has 0 atom stereocenters. The molecule has 2 N–H and O–H groups in total. The van der Waals surface area contributed by atoms with Gasteiger partial charge in [0.2, 0.25) is 0 Å². The molecule has 0 fully saturated rings. The Balaban J connectivity index is 1.52. The second kappa shape index (κ2) is 7.49. The fourth-order valence-electron chi connectivity index (χ4n) is 2.61. The van der Waals surface area contributed by atoms with Crippen molar-refractivity contribution < 1.29 is 0 Å². The van der Waals surface area contributed by atoms with Gasteiger partial charge in [-0.2, -0.15) is 5.10 Å². The van der Waals surface area contributed by atoms with Crippen LogP contribution < -0.4 is 10.9 Å². The predicted octanol–water partition coefficient (Wildman–Crippen LogP) is 4.68. The Hall–Kier alpha value is -2.35. The Morgan fingerprint density at radius 3 is 2.88 bits per heavy atom. The first-order valence-corrected chi connectivity index (χ1v) is 10.0. The minimum Gasteiger partial charge on any atom is -0.366 e. The van der Waals surface area contributed by atoms with E-state index in [1.165, 1.54) is 11.3 Å². The highest BCUT2D eigenvalue weighted by Crippen LogP contribution is 2.23. The number of pyridine rings is 1. The van der Waals surface area contributed by atoms with Crippen molar-refractivity contribution >= 4 is 40.1 Å². The van der Waals surface area contributed by atoms with Crippen LogP contribution in [0.4, 0.5) is 5.82 Å². The standard InChI is InChI=1S/C18H15ClN4OS2/c19-16-6-5-12(26-16)10-20-17-9-15(21-22-17)14-4-1-7-23(18(14)24)11-13-3-2-8-25-13/h1-9H,10-11H2,(H2,20,21,22). The monoisotopic (exact) mass is 402 g/mol. The van der Waals surface area contributed by atoms with Crippen molar-refractivity contribution in [2.45, 2.75) is 13.1 Å². The van der Waals surface area contributed by atoms with Gasteiger partial charge in [0.15, 0.2) is 0 Å². The summed E-state index contributed by atoms with van der Waals surface area (Å²) >= 11 is 9.11. The summed E-state index contributed by atoms with van der Waals surface area (Å²) in [6.45, 7) is 1.22. The molecule has 0 aliphatic heterocycles. The lowest BCUT2D eigenvalue weighted by Gasteiger charge is -2.05. The summed E-state index contributed by atoms with van der Waals surface area (Å²) < 4.78 is 2.47. The van der Waals surface area contributed by atoms with E-state index in [9.17, 15) is 4.79 Å². The molecule has 4 rings (SSSR count). The average molecular weight is 403 g/mol. The fourth-order valence-corrected chi connectivity index (χ4v) is 4.34. The van der Waals surface area contributed by atoms with Crippen molar-refractivity contribution in [3.8, 4) is 11.3 Å². The number of anilines is 1. The molecular formula is C18H15ClN4OS2. The van der Waals surface area contributed by atoms with E-state index in [1.54, 1.807) is 28.2 Å². The van der Waals surface area contributed by atoms with E-state index in [1.807, 2.05) is 41.8 Å². The predicted molar refractivity (Wildman–Crippen MR) is 108 cm³/mol. The molecule has 4 heterocycles. The largest absolute Gasteiger partial charge is 0.366 e. The third-order valence-electron chi connectivity index (χ3n) is 3.86. The van der Waals surface area contributed by atoms with Crippen molar-refractivity contribution in [2.24, 2.45) is 0 Å². The summed E-state index contributed by atoms with van der Waals surface area (Å²) in [7, 11) is 0. The fraction of sp³-hybridized carbons (Fsp3) is 0.111. The van der Waals surface area contributed by atoms with Crippen molar-refractivity contribution in [3.63, 3.8) is 0 Å². The van der Waals surface area contributed by atoms with Crippen molar-refractivity contribution in [2.75, 3.05) is 5.32 Å². The highest BCUT2D eigenvalue weighted by molar-refractivity contribution is 7.16. The summed E-state index contributed by atoms with van der Waals surface area (Å²) in [5, 5.41) is 12.5. The van der Waals surface area contributed by atoms with E-state index in [-0.39, 0.29) is 5.56 Å². The van der Waals surface area contributed by atoms with Crippen molar-refractivity contribution in [1.29, 1.82) is 0 Å². The molecule has 0 unspecified atom stereocenters. The molecule has 4 aromatic rings. The maximum absolute atomic E-state index is 12.8. The molecule has 0 radical (unpaired) electrons. The number of aromatic amines is 1. The topological polar surface area (TPSA) is 62.7 Å². The molecule has 132 valence electrons. The van der Waals surface area contributed by atoms with Crippen LogP contribution in [0, 0.1) is 0 Å². The van der Waals surface area contributed by atoms with Gasteiger partial charge in [-0.1, -0.05) is 17.7 Å². The van der Waals surface area contributed by atoms with Gasteiger partial charge < -0.3 is 9.88 Å². The van der Waals surface area contributed by atoms with Crippen LogP contribution >= 0.6 is 34.3 Å². The molecule has 0 saturated carbocycles. The number of nitrogens with zero attached hydrogens (tertiary/aromatic N) is 2. The van der Waals surface area contributed by atoms with Crippen LogP contribution in [-0.2, 0) is 13.1 Å². The van der Waals surface area contributed by atoms with Crippen molar-refractivity contribution in [3.05, 3.63) is 78.5 Å². The molecule has 26 heavy (non-hydrogen) atoms. The van der Waals surface area contributed by atoms with E-state index in [0.29, 0.717) is 24.3 Å². The molecule has 0 bridgehead atoms. The van der Waals surface area contributed by atoms with E-state index in [4.69, 9.17) is 11.6 Å². The molecule has 0 aliphatic rings. The molecule has 0 aromatic carbocycles. The third-order valence-corrected chi connectivity index (χ3v) is 5.95. The van der Waals surface area contributed by atoms with Gasteiger partial charge >= 0.3 is 0 Å². The molecule has 5 nitrogen and oxygen atoms in total. The molecule has 0 saturated heterocycles. The maximum atomic E-state index is 12.8. The molecular weight excluding hydrogens is 388 g/mol. The van der Waals surface area contributed by atoms with Gasteiger partial charge in [0, 0.05) is 22.0 Å². The molecule has 0 aliphatic carbocycles. The highest BCUT2D eigenvalue weighted by Gasteiger charge is 2.10. The number of H-pyrrole nitrogens is 1. The average Bonchev–Trinajstić information content (AvgIpc) is 3.37. The highest BCUT2D eigenvalue weighted by atomic mass is 35.5. The molecule has 8 heteroatoms. The number of hydrogen-bond acceptors (Lipinski definition) is 5. The van der Waals surface area contributed by atoms with Gasteiger partial charge in [-0.15, -0.1) is 22.7 Å². The van der Waals surface area contributed by atoms with Gasteiger partial charge in [-0.25, -0.2) is 0 Å². The van der Waals surface area contributed by atoms with Gasteiger partial charge in [0.1, 0.15) is 5.82 Å². The number of thiophene rings is 2. The second-order valence-electron chi connectivity index (χ2n) is 5.66. The van der Waals surface area contributed by atoms with Gasteiger partial charge in [-0.05, 0) is 35.7 Å². The number of nitrogens with one attached hydrogen (secondary N) is 2. The van der Waals surface area contributed by atoms with Gasteiger partial charge in [-0.3, -0.25) is 9.89 Å². The van der Waals surface area contributed by atoms with Crippen molar-refractivity contribution in [1.82, 2.24) is 14.8 Å². The smallest absolute Gasteiger partial charge is 0.260 e. The number of hydrogen-bond donors (Lipinski definition) is 2. The van der Waals surface area contributed by atoms with E-state index >= 15 is 0 Å². The van der Waals surface area contributed by atoms with Crippen LogP contribution in [0.5, 0.6) is 0 Å². The Kier molecular flexibility index (Phi) is 4.92. The van der Waals surface area contributed by atoms with Crippen LogP contribution in [0.1, 0.15) is 9.75 Å². The third kappa shape index (κ3) is 3.75. The molecule has 4 aromatic heterocycles.